The number of halogens is 1. The molecule has 0 unspecified atom stereocenters. The van der Waals surface area contributed by atoms with Crippen LogP contribution in [-0.4, -0.2) is 11.1 Å². The maximum absolute atomic E-state index is 13.1. The van der Waals surface area contributed by atoms with E-state index in [1.807, 2.05) is 0 Å². The van der Waals surface area contributed by atoms with Gasteiger partial charge in [0.1, 0.15) is 0 Å². The largest absolute Gasteiger partial charge is 0.478 e. The van der Waals surface area contributed by atoms with Crippen molar-refractivity contribution in [2.24, 2.45) is 0 Å². The minimum atomic E-state index is -1.10. The van der Waals surface area contributed by atoms with E-state index in [1.54, 1.807) is 12.1 Å². The number of thiophene rings is 1. The van der Waals surface area contributed by atoms with Crippen molar-refractivity contribution >= 4 is 33.1 Å². The fourth-order valence-corrected chi connectivity index (χ4v) is 2.20. The van der Waals surface area contributed by atoms with Gasteiger partial charge >= 0.3 is 5.97 Å². The van der Waals surface area contributed by atoms with E-state index in [0.717, 1.165) is 11.3 Å². The molecule has 1 aromatic carbocycles. The standard InChI is InChI=1S/C9H6FNO2S/c10-8-7(11)6-4(9(12)13)2-1-3-5(6)14-8/h1-3H,11H2,(H,12,13). The minimum Gasteiger partial charge on any atom is -0.478 e. The third-order valence-electron chi connectivity index (χ3n) is 1.94. The van der Waals surface area contributed by atoms with Gasteiger partial charge in [-0.2, -0.15) is 4.39 Å². The first-order chi connectivity index (χ1) is 6.61. The zero-order valence-corrected chi connectivity index (χ0v) is 7.77. The third kappa shape index (κ3) is 1.13. The van der Waals surface area contributed by atoms with E-state index in [4.69, 9.17) is 10.8 Å². The molecule has 2 aromatic rings. The van der Waals surface area contributed by atoms with Crippen LogP contribution in [0.5, 0.6) is 0 Å². The highest BCUT2D eigenvalue weighted by atomic mass is 32.1. The van der Waals surface area contributed by atoms with Crippen molar-refractivity contribution < 1.29 is 14.3 Å². The summed E-state index contributed by atoms with van der Waals surface area (Å²) < 4.78 is 13.6. The van der Waals surface area contributed by atoms with Crippen LogP contribution < -0.4 is 5.73 Å². The maximum atomic E-state index is 13.1. The van der Waals surface area contributed by atoms with Gasteiger partial charge in [0, 0.05) is 10.1 Å². The number of nitrogen functional groups attached to an aromatic ring is 1. The summed E-state index contributed by atoms with van der Waals surface area (Å²) in [5, 5.41) is 8.60. The van der Waals surface area contributed by atoms with E-state index in [-0.39, 0.29) is 11.3 Å². The van der Waals surface area contributed by atoms with Crippen molar-refractivity contribution in [1.82, 2.24) is 0 Å². The normalized spacial score (nSPS) is 10.6. The first-order valence-corrected chi connectivity index (χ1v) is 4.62. The Hall–Kier alpha value is -1.62. The Kier molecular flexibility index (Phi) is 1.89. The molecule has 0 radical (unpaired) electrons. The third-order valence-corrected chi connectivity index (χ3v) is 2.90. The molecule has 0 fully saturated rings. The summed E-state index contributed by atoms with van der Waals surface area (Å²) in [4.78, 5) is 10.8. The monoisotopic (exact) mass is 211 g/mol. The molecule has 5 heteroatoms. The van der Waals surface area contributed by atoms with Gasteiger partial charge in [-0.25, -0.2) is 4.79 Å². The SMILES string of the molecule is Nc1c(F)sc2cccc(C(=O)O)c12. The Morgan fingerprint density at radius 3 is 2.86 bits per heavy atom. The lowest BCUT2D eigenvalue weighted by molar-refractivity contribution is 0.0699. The first kappa shape index (κ1) is 8.96. The highest BCUT2D eigenvalue weighted by Crippen LogP contribution is 2.34. The molecular formula is C9H6FNO2S. The van der Waals surface area contributed by atoms with Crippen LogP contribution in [-0.2, 0) is 0 Å². The molecule has 0 spiro atoms. The van der Waals surface area contributed by atoms with Crippen LogP contribution in [0.4, 0.5) is 10.1 Å². The van der Waals surface area contributed by atoms with Gasteiger partial charge in [-0.15, -0.1) is 11.3 Å². The smallest absolute Gasteiger partial charge is 0.336 e. The minimum absolute atomic E-state index is 0.0418. The van der Waals surface area contributed by atoms with E-state index in [0.29, 0.717) is 10.1 Å². The number of anilines is 1. The number of carbonyl (C=O) groups is 1. The number of rotatable bonds is 1. The molecule has 1 aromatic heterocycles. The molecule has 0 atom stereocenters. The maximum Gasteiger partial charge on any atom is 0.336 e. The summed E-state index contributed by atoms with van der Waals surface area (Å²) in [5.41, 5.74) is 5.41. The number of aromatic carboxylic acids is 1. The Morgan fingerprint density at radius 2 is 2.21 bits per heavy atom. The zero-order chi connectivity index (χ0) is 10.3. The van der Waals surface area contributed by atoms with Gasteiger partial charge in [0.2, 0.25) is 5.13 Å². The Morgan fingerprint density at radius 1 is 1.50 bits per heavy atom. The molecule has 0 saturated carbocycles. The lowest BCUT2D eigenvalue weighted by Gasteiger charge is -1.97. The molecule has 0 aliphatic rings. The van der Waals surface area contributed by atoms with E-state index < -0.39 is 11.1 Å². The highest BCUT2D eigenvalue weighted by molar-refractivity contribution is 7.18. The Labute approximate surface area is 82.6 Å². The van der Waals surface area contributed by atoms with Crippen molar-refractivity contribution in [3.8, 4) is 0 Å². The summed E-state index contributed by atoms with van der Waals surface area (Å²) in [6.07, 6.45) is 0. The summed E-state index contributed by atoms with van der Waals surface area (Å²) in [7, 11) is 0. The molecule has 72 valence electrons. The van der Waals surface area contributed by atoms with Gasteiger partial charge in [0.25, 0.3) is 0 Å². The van der Waals surface area contributed by atoms with Gasteiger partial charge in [-0.1, -0.05) is 6.07 Å². The van der Waals surface area contributed by atoms with Crippen LogP contribution in [0.15, 0.2) is 18.2 Å². The Balaban J connectivity index is 2.91. The average Bonchev–Trinajstić information content (AvgIpc) is 2.43. The average molecular weight is 211 g/mol. The van der Waals surface area contributed by atoms with Gasteiger partial charge in [0.05, 0.1) is 11.3 Å². The summed E-state index contributed by atoms with van der Waals surface area (Å²) >= 11 is 0.855. The van der Waals surface area contributed by atoms with E-state index in [1.165, 1.54) is 6.07 Å². The van der Waals surface area contributed by atoms with Crippen molar-refractivity contribution in [1.29, 1.82) is 0 Å². The molecule has 3 N–H and O–H groups in total. The number of hydrogen-bond donors (Lipinski definition) is 2. The van der Waals surface area contributed by atoms with Gasteiger partial charge in [-0.05, 0) is 12.1 Å². The van der Waals surface area contributed by atoms with Crippen LogP contribution in [0.1, 0.15) is 10.4 Å². The molecule has 0 bridgehead atoms. The zero-order valence-electron chi connectivity index (χ0n) is 6.95. The molecular weight excluding hydrogens is 205 g/mol. The van der Waals surface area contributed by atoms with Crippen LogP contribution in [0.3, 0.4) is 0 Å². The molecule has 0 saturated heterocycles. The number of carboxylic acids is 1. The van der Waals surface area contributed by atoms with Gasteiger partial charge in [-0.3, -0.25) is 0 Å². The predicted molar refractivity (Wildman–Crippen MR) is 53.2 cm³/mol. The summed E-state index contributed by atoms with van der Waals surface area (Å²) in [5.74, 6) is -1.10. The van der Waals surface area contributed by atoms with Crippen LogP contribution in [0.2, 0.25) is 0 Å². The second kappa shape index (κ2) is 2.95. The van der Waals surface area contributed by atoms with Crippen LogP contribution >= 0.6 is 11.3 Å². The van der Waals surface area contributed by atoms with E-state index in [2.05, 4.69) is 0 Å². The van der Waals surface area contributed by atoms with E-state index >= 15 is 0 Å². The second-order valence-electron chi connectivity index (χ2n) is 2.77. The fraction of sp³-hybridized carbons (Fsp3) is 0. The number of hydrogen-bond acceptors (Lipinski definition) is 3. The quantitative estimate of drug-likeness (QED) is 0.760. The second-order valence-corrected chi connectivity index (χ2v) is 3.78. The van der Waals surface area contributed by atoms with Crippen molar-refractivity contribution in [2.75, 3.05) is 5.73 Å². The van der Waals surface area contributed by atoms with E-state index in [9.17, 15) is 9.18 Å². The summed E-state index contributed by atoms with van der Waals surface area (Å²) in [6, 6.07) is 4.63. The molecule has 0 aliphatic carbocycles. The topological polar surface area (TPSA) is 63.3 Å². The number of benzene rings is 1. The van der Waals surface area contributed by atoms with Gasteiger partial charge < -0.3 is 10.8 Å². The molecule has 3 nitrogen and oxygen atoms in total. The molecule has 0 aliphatic heterocycles. The molecule has 2 rings (SSSR count). The van der Waals surface area contributed by atoms with Crippen LogP contribution in [0, 0.1) is 5.13 Å². The number of nitrogens with two attached hydrogens (primary N) is 1. The number of carboxylic acid groups (broad SMARTS) is 1. The molecule has 14 heavy (non-hydrogen) atoms. The molecule has 0 amide bonds. The lowest BCUT2D eigenvalue weighted by atomic mass is 10.1. The van der Waals surface area contributed by atoms with Crippen LogP contribution in [0.25, 0.3) is 10.1 Å². The first-order valence-electron chi connectivity index (χ1n) is 3.81. The Bertz CT molecular complexity index is 521. The van der Waals surface area contributed by atoms with Crippen molar-refractivity contribution in [3.63, 3.8) is 0 Å². The molecule has 1 heterocycles. The van der Waals surface area contributed by atoms with Crippen molar-refractivity contribution in [3.05, 3.63) is 28.9 Å². The number of fused-ring (bicyclic) bond motifs is 1. The summed E-state index contributed by atoms with van der Waals surface area (Å²) in [6.45, 7) is 0. The van der Waals surface area contributed by atoms with Gasteiger partial charge in [0.15, 0.2) is 0 Å². The fourth-order valence-electron chi connectivity index (χ4n) is 1.32. The predicted octanol–water partition coefficient (Wildman–Crippen LogP) is 2.32. The highest BCUT2D eigenvalue weighted by Gasteiger charge is 2.15. The lowest BCUT2D eigenvalue weighted by Crippen LogP contribution is -1.98. The van der Waals surface area contributed by atoms with Crippen molar-refractivity contribution in [2.45, 2.75) is 0 Å².